The zero-order valence-electron chi connectivity index (χ0n) is 10.5. The molecular formula is C12H10F2N4O2S. The number of halogens is 2. The third-order valence-electron chi connectivity index (χ3n) is 2.49. The van der Waals surface area contributed by atoms with Crippen LogP contribution in [-0.4, -0.2) is 27.7 Å². The molecule has 2 aromatic rings. The van der Waals surface area contributed by atoms with Crippen molar-refractivity contribution in [3.8, 4) is 5.75 Å². The minimum absolute atomic E-state index is 0.0381. The first-order valence-corrected chi connectivity index (χ1v) is 6.08. The molecule has 0 bridgehead atoms. The number of H-pyrrole nitrogens is 1. The van der Waals surface area contributed by atoms with E-state index in [0.717, 1.165) is 0 Å². The molecule has 1 aromatic heterocycles. The number of amides is 1. The second kappa shape index (κ2) is 6.27. The number of hydrogen-bond acceptors (Lipinski definition) is 4. The van der Waals surface area contributed by atoms with Crippen LogP contribution in [0.4, 0.5) is 14.6 Å². The number of alkyl halides is 2. The molecule has 0 atom stereocenters. The Morgan fingerprint density at radius 2 is 2.10 bits per heavy atom. The van der Waals surface area contributed by atoms with Crippen LogP contribution in [0, 0.1) is 0 Å². The number of carbonyl (C=O) groups excluding carboxylic acids is 1. The molecule has 0 aliphatic carbocycles. The molecule has 9 heteroatoms. The molecule has 0 unspecified atom stereocenters. The summed E-state index contributed by atoms with van der Waals surface area (Å²) in [4.78, 5) is 12.2. The zero-order valence-corrected chi connectivity index (χ0v) is 11.3. The third kappa shape index (κ3) is 3.51. The van der Waals surface area contributed by atoms with E-state index in [1.807, 2.05) is 0 Å². The summed E-state index contributed by atoms with van der Waals surface area (Å²) < 4.78 is 28.9. The van der Waals surface area contributed by atoms with Crippen molar-refractivity contribution in [3.05, 3.63) is 41.6 Å². The van der Waals surface area contributed by atoms with Gasteiger partial charge >= 0.3 is 6.61 Å². The lowest BCUT2D eigenvalue weighted by Crippen LogP contribution is -2.18. The molecule has 0 aliphatic rings. The lowest BCUT2D eigenvalue weighted by Gasteiger charge is -2.10. The summed E-state index contributed by atoms with van der Waals surface area (Å²) in [5.74, 6) is -0.714. The van der Waals surface area contributed by atoms with Gasteiger partial charge in [-0.1, -0.05) is 24.4 Å². The molecule has 110 valence electrons. The number of carbonyl (C=O) groups is 1. The van der Waals surface area contributed by atoms with Crippen molar-refractivity contribution < 1.29 is 18.3 Å². The standard InChI is InChI=1S/C12H10F2N4O2S/c13-12(14)20-8-4-2-1-3-6(8)11(19)17-10-7(9(15)21)5-16-18-10/h1-5,12H,(H2,15,21)(H2,16,17,18,19). The number of benzene rings is 1. The average molecular weight is 312 g/mol. The molecule has 0 saturated heterocycles. The van der Waals surface area contributed by atoms with Gasteiger partial charge < -0.3 is 15.8 Å². The van der Waals surface area contributed by atoms with E-state index in [2.05, 4.69) is 20.3 Å². The van der Waals surface area contributed by atoms with E-state index in [1.54, 1.807) is 0 Å². The quantitative estimate of drug-likeness (QED) is 0.733. The van der Waals surface area contributed by atoms with Crippen LogP contribution in [0.1, 0.15) is 15.9 Å². The van der Waals surface area contributed by atoms with Crippen LogP contribution in [0.2, 0.25) is 0 Å². The van der Waals surface area contributed by atoms with Gasteiger partial charge in [-0.15, -0.1) is 0 Å². The summed E-state index contributed by atoms with van der Waals surface area (Å²) in [6.07, 6.45) is 1.35. The fourth-order valence-electron chi connectivity index (χ4n) is 1.60. The molecule has 2 rings (SSSR count). The number of para-hydroxylation sites is 1. The molecule has 0 spiro atoms. The fraction of sp³-hybridized carbons (Fsp3) is 0.0833. The highest BCUT2D eigenvalue weighted by Crippen LogP contribution is 2.22. The Bertz CT molecular complexity index is 675. The Morgan fingerprint density at radius 3 is 2.76 bits per heavy atom. The molecule has 0 aliphatic heterocycles. The second-order valence-electron chi connectivity index (χ2n) is 3.85. The molecule has 0 radical (unpaired) electrons. The van der Waals surface area contributed by atoms with Gasteiger partial charge in [-0.2, -0.15) is 13.9 Å². The Kier molecular flexibility index (Phi) is 4.43. The molecule has 6 nitrogen and oxygen atoms in total. The largest absolute Gasteiger partial charge is 0.434 e. The zero-order chi connectivity index (χ0) is 15.4. The summed E-state index contributed by atoms with van der Waals surface area (Å²) in [7, 11) is 0. The number of nitrogens with two attached hydrogens (primary N) is 1. The maximum atomic E-state index is 12.3. The monoisotopic (exact) mass is 312 g/mol. The Labute approximate surface area is 123 Å². The van der Waals surface area contributed by atoms with E-state index in [9.17, 15) is 13.6 Å². The number of rotatable bonds is 5. The number of nitrogens with one attached hydrogen (secondary N) is 2. The van der Waals surface area contributed by atoms with E-state index in [0.29, 0.717) is 5.56 Å². The van der Waals surface area contributed by atoms with Gasteiger partial charge in [-0.05, 0) is 12.1 Å². The van der Waals surface area contributed by atoms with E-state index in [1.165, 1.54) is 30.5 Å². The van der Waals surface area contributed by atoms with Gasteiger partial charge in [0.2, 0.25) is 0 Å². The van der Waals surface area contributed by atoms with E-state index in [-0.39, 0.29) is 22.1 Å². The number of aromatic nitrogens is 2. The number of nitrogens with zero attached hydrogens (tertiary/aromatic N) is 1. The second-order valence-corrected chi connectivity index (χ2v) is 4.29. The van der Waals surface area contributed by atoms with Crippen LogP contribution in [-0.2, 0) is 0 Å². The van der Waals surface area contributed by atoms with Crippen molar-refractivity contribution in [1.29, 1.82) is 0 Å². The number of hydrogen-bond donors (Lipinski definition) is 3. The van der Waals surface area contributed by atoms with Crippen LogP contribution in [0.5, 0.6) is 5.75 Å². The minimum atomic E-state index is -3.03. The maximum Gasteiger partial charge on any atom is 0.387 e. The Balaban J connectivity index is 2.24. The van der Waals surface area contributed by atoms with Crippen LogP contribution in [0.3, 0.4) is 0 Å². The van der Waals surface area contributed by atoms with Crippen molar-refractivity contribution in [1.82, 2.24) is 10.2 Å². The van der Waals surface area contributed by atoms with Crippen molar-refractivity contribution in [2.75, 3.05) is 5.32 Å². The van der Waals surface area contributed by atoms with Gasteiger partial charge in [0.15, 0.2) is 0 Å². The summed E-state index contributed by atoms with van der Waals surface area (Å²) in [5.41, 5.74) is 5.75. The van der Waals surface area contributed by atoms with Gasteiger partial charge in [0, 0.05) is 0 Å². The Hall–Kier alpha value is -2.55. The maximum absolute atomic E-state index is 12.3. The van der Waals surface area contributed by atoms with Gasteiger partial charge in [-0.25, -0.2) is 0 Å². The van der Waals surface area contributed by atoms with Crippen LogP contribution < -0.4 is 15.8 Å². The molecule has 0 fully saturated rings. The molecule has 1 amide bonds. The van der Waals surface area contributed by atoms with Gasteiger partial charge in [0.1, 0.15) is 16.6 Å². The van der Waals surface area contributed by atoms with Crippen molar-refractivity contribution in [2.45, 2.75) is 6.61 Å². The molecule has 4 N–H and O–H groups in total. The highest BCUT2D eigenvalue weighted by Gasteiger charge is 2.17. The summed E-state index contributed by atoms with van der Waals surface area (Å²) in [5, 5.41) is 8.66. The van der Waals surface area contributed by atoms with E-state index >= 15 is 0 Å². The van der Waals surface area contributed by atoms with Gasteiger partial charge in [-0.3, -0.25) is 9.89 Å². The van der Waals surface area contributed by atoms with Crippen molar-refractivity contribution in [3.63, 3.8) is 0 Å². The number of aromatic amines is 1. The molecule has 1 heterocycles. The summed E-state index contributed by atoms with van der Waals surface area (Å²) in [6.45, 7) is -3.03. The lowest BCUT2D eigenvalue weighted by molar-refractivity contribution is -0.0501. The lowest BCUT2D eigenvalue weighted by atomic mass is 10.2. The highest BCUT2D eigenvalue weighted by molar-refractivity contribution is 7.80. The summed E-state index contributed by atoms with van der Waals surface area (Å²) >= 11 is 4.80. The SMILES string of the molecule is NC(=S)c1cn[nH]c1NC(=O)c1ccccc1OC(F)F. The number of thiocarbonyl (C=S) groups is 1. The first-order valence-electron chi connectivity index (χ1n) is 5.67. The first kappa shape index (κ1) is 14.9. The molecule has 21 heavy (non-hydrogen) atoms. The Morgan fingerprint density at radius 1 is 1.38 bits per heavy atom. The van der Waals surface area contributed by atoms with Crippen LogP contribution >= 0.6 is 12.2 Å². The summed E-state index contributed by atoms with van der Waals surface area (Å²) in [6, 6.07) is 5.62. The van der Waals surface area contributed by atoms with E-state index in [4.69, 9.17) is 18.0 Å². The smallest absolute Gasteiger partial charge is 0.387 e. The highest BCUT2D eigenvalue weighted by atomic mass is 32.1. The molecule has 1 aromatic carbocycles. The normalized spacial score (nSPS) is 10.4. The molecule has 0 saturated carbocycles. The minimum Gasteiger partial charge on any atom is -0.434 e. The predicted molar refractivity (Wildman–Crippen MR) is 75.5 cm³/mol. The number of ether oxygens (including phenoxy) is 1. The van der Waals surface area contributed by atoms with Crippen LogP contribution in [0.25, 0.3) is 0 Å². The average Bonchev–Trinajstić information content (AvgIpc) is 2.86. The number of anilines is 1. The van der Waals surface area contributed by atoms with E-state index < -0.39 is 12.5 Å². The van der Waals surface area contributed by atoms with Crippen molar-refractivity contribution in [2.24, 2.45) is 5.73 Å². The van der Waals surface area contributed by atoms with Gasteiger partial charge in [0.05, 0.1) is 17.3 Å². The third-order valence-corrected chi connectivity index (χ3v) is 2.71. The van der Waals surface area contributed by atoms with Gasteiger partial charge in [0.25, 0.3) is 5.91 Å². The topological polar surface area (TPSA) is 93.0 Å². The van der Waals surface area contributed by atoms with Crippen molar-refractivity contribution >= 4 is 28.9 Å². The first-order chi connectivity index (χ1) is 9.99. The molecular weight excluding hydrogens is 302 g/mol. The van der Waals surface area contributed by atoms with Crippen LogP contribution in [0.15, 0.2) is 30.5 Å². The predicted octanol–water partition coefficient (Wildman–Crippen LogP) is 1.90. The fourth-order valence-corrected chi connectivity index (χ4v) is 1.76.